The van der Waals surface area contributed by atoms with Gasteiger partial charge in [-0.25, -0.2) is 4.39 Å². The zero-order valence-corrected chi connectivity index (χ0v) is 20.7. The third kappa shape index (κ3) is 3.76. The molecule has 4 aliphatic heterocycles. The van der Waals surface area contributed by atoms with E-state index in [4.69, 9.17) is 4.74 Å². The Morgan fingerprint density at radius 3 is 2.59 bits per heavy atom. The second-order valence-electron chi connectivity index (χ2n) is 11.4. The highest BCUT2D eigenvalue weighted by atomic mass is 19.1. The van der Waals surface area contributed by atoms with Gasteiger partial charge in [-0.3, -0.25) is 19.7 Å². The fourth-order valence-electron chi connectivity index (χ4n) is 6.96. The van der Waals surface area contributed by atoms with Crippen molar-refractivity contribution in [1.29, 1.82) is 0 Å². The summed E-state index contributed by atoms with van der Waals surface area (Å²) in [5.74, 6) is 0.991. The van der Waals surface area contributed by atoms with Gasteiger partial charge >= 0.3 is 0 Å². The van der Waals surface area contributed by atoms with Gasteiger partial charge in [-0.1, -0.05) is 18.2 Å². The molecular weight excluding hydrogens is 473 g/mol. The van der Waals surface area contributed by atoms with Gasteiger partial charge in [0.25, 0.3) is 5.91 Å². The maximum atomic E-state index is 13.3. The van der Waals surface area contributed by atoms with E-state index in [1.165, 1.54) is 17.5 Å². The molecular formula is C29H30FN3O4. The number of rotatable bonds is 4. The van der Waals surface area contributed by atoms with E-state index >= 15 is 0 Å². The Balaban J connectivity index is 1.02. The molecule has 2 saturated heterocycles. The first-order chi connectivity index (χ1) is 17.9. The number of halogens is 1. The van der Waals surface area contributed by atoms with Gasteiger partial charge in [0.2, 0.25) is 11.8 Å². The van der Waals surface area contributed by atoms with Crippen LogP contribution in [0.5, 0.6) is 5.75 Å². The summed E-state index contributed by atoms with van der Waals surface area (Å²) >= 11 is 0. The van der Waals surface area contributed by atoms with Crippen LogP contribution in [0.15, 0.2) is 36.4 Å². The van der Waals surface area contributed by atoms with Crippen molar-refractivity contribution in [2.75, 3.05) is 26.2 Å². The van der Waals surface area contributed by atoms with Crippen molar-refractivity contribution in [1.82, 2.24) is 15.1 Å². The molecule has 5 aliphatic rings. The third-order valence-corrected chi connectivity index (χ3v) is 9.26. The summed E-state index contributed by atoms with van der Waals surface area (Å²) in [5, 5.41) is 2.37. The van der Waals surface area contributed by atoms with Gasteiger partial charge in [-0.15, -0.1) is 0 Å². The number of hydrogen-bond acceptors (Lipinski definition) is 5. The number of carbonyl (C=O) groups is 3. The SMILES string of the molecule is O=C1CC[C@H](N2Cc3c(ccc4c3OCC43CCN(C[C@@H]4C[C@H]4c4ccc(F)cc4)CC3)C2=O)C(=O)N1. The van der Waals surface area contributed by atoms with E-state index in [0.717, 1.165) is 43.8 Å². The van der Waals surface area contributed by atoms with Gasteiger partial charge in [0, 0.05) is 35.1 Å². The standard InChI is InChI=1S/C29H30FN3O4/c30-19-3-1-17(2-4-19)21-13-18(21)14-32-11-9-29(10-12-32)16-37-26-22-15-33(24-7-8-25(34)31-27(24)35)28(36)20(22)5-6-23(26)29/h1-6,18,21,24H,7-16H2,(H,31,34,35)/t18-,21-,24-/m0/s1. The van der Waals surface area contributed by atoms with E-state index in [1.54, 1.807) is 17.0 Å². The number of amides is 3. The largest absolute Gasteiger partial charge is 0.492 e. The van der Waals surface area contributed by atoms with Crippen molar-refractivity contribution in [2.24, 2.45) is 5.92 Å². The lowest BCUT2D eigenvalue weighted by molar-refractivity contribution is -0.136. The Kier molecular flexibility index (Phi) is 5.19. The monoisotopic (exact) mass is 503 g/mol. The first kappa shape index (κ1) is 22.9. The molecule has 0 bridgehead atoms. The maximum absolute atomic E-state index is 13.3. The Morgan fingerprint density at radius 1 is 1.05 bits per heavy atom. The summed E-state index contributed by atoms with van der Waals surface area (Å²) in [5.41, 5.74) is 3.89. The van der Waals surface area contributed by atoms with Crippen LogP contribution in [-0.2, 0) is 21.5 Å². The number of imide groups is 1. The first-order valence-electron chi connectivity index (χ1n) is 13.3. The maximum Gasteiger partial charge on any atom is 0.255 e. The molecule has 0 unspecified atom stereocenters. The molecule has 1 N–H and O–H groups in total. The Morgan fingerprint density at radius 2 is 1.84 bits per heavy atom. The van der Waals surface area contributed by atoms with Crippen LogP contribution in [0.3, 0.4) is 0 Å². The van der Waals surface area contributed by atoms with Gasteiger partial charge < -0.3 is 14.5 Å². The van der Waals surface area contributed by atoms with Gasteiger partial charge in [-0.05, 0) is 74.4 Å². The minimum atomic E-state index is -0.618. The minimum Gasteiger partial charge on any atom is -0.492 e. The predicted molar refractivity (Wildman–Crippen MR) is 133 cm³/mol. The van der Waals surface area contributed by atoms with E-state index in [0.29, 0.717) is 37.0 Å². The molecule has 0 aromatic heterocycles. The van der Waals surface area contributed by atoms with Crippen molar-refractivity contribution in [3.8, 4) is 5.75 Å². The van der Waals surface area contributed by atoms with Crippen molar-refractivity contribution in [3.63, 3.8) is 0 Å². The molecule has 1 aliphatic carbocycles. The fraction of sp³-hybridized carbons (Fsp3) is 0.483. The molecule has 37 heavy (non-hydrogen) atoms. The van der Waals surface area contributed by atoms with Crippen LogP contribution in [0.2, 0.25) is 0 Å². The summed E-state index contributed by atoms with van der Waals surface area (Å²) in [6.07, 6.45) is 3.80. The number of fused-ring (bicyclic) bond motifs is 4. The molecule has 1 saturated carbocycles. The lowest BCUT2D eigenvalue weighted by Crippen LogP contribution is -2.52. The zero-order valence-electron chi connectivity index (χ0n) is 20.7. The fourth-order valence-corrected chi connectivity index (χ4v) is 6.96. The smallest absolute Gasteiger partial charge is 0.255 e. The molecule has 2 aromatic carbocycles. The van der Waals surface area contributed by atoms with Crippen molar-refractivity contribution in [2.45, 2.75) is 56.0 Å². The molecule has 4 heterocycles. The van der Waals surface area contributed by atoms with Gasteiger partial charge in [0.1, 0.15) is 17.6 Å². The number of nitrogens with one attached hydrogen (secondary N) is 1. The molecule has 192 valence electrons. The van der Waals surface area contributed by atoms with Crippen molar-refractivity contribution in [3.05, 3.63) is 64.5 Å². The molecule has 3 amide bonds. The van der Waals surface area contributed by atoms with Crippen LogP contribution >= 0.6 is 0 Å². The lowest BCUT2D eigenvalue weighted by Gasteiger charge is -2.38. The summed E-state index contributed by atoms with van der Waals surface area (Å²) in [6.45, 7) is 4.06. The number of nitrogens with zero attached hydrogens (tertiary/aromatic N) is 2. The summed E-state index contributed by atoms with van der Waals surface area (Å²) < 4.78 is 19.5. The van der Waals surface area contributed by atoms with E-state index in [-0.39, 0.29) is 29.5 Å². The molecule has 1 spiro atoms. The van der Waals surface area contributed by atoms with E-state index in [9.17, 15) is 18.8 Å². The Bertz CT molecular complexity index is 1300. The number of likely N-dealkylation sites (tertiary alicyclic amines) is 1. The molecule has 3 fully saturated rings. The van der Waals surface area contributed by atoms with Crippen LogP contribution in [0, 0.1) is 11.7 Å². The summed E-state index contributed by atoms with van der Waals surface area (Å²) in [7, 11) is 0. The highest BCUT2D eigenvalue weighted by Crippen LogP contribution is 2.51. The third-order valence-electron chi connectivity index (χ3n) is 9.26. The molecule has 7 rings (SSSR count). The molecule has 8 heteroatoms. The minimum absolute atomic E-state index is 0.0358. The quantitative estimate of drug-likeness (QED) is 0.649. The average molecular weight is 504 g/mol. The number of benzene rings is 2. The first-order valence-corrected chi connectivity index (χ1v) is 13.3. The second kappa shape index (κ2) is 8.38. The lowest BCUT2D eigenvalue weighted by atomic mass is 9.74. The van der Waals surface area contributed by atoms with Crippen LogP contribution < -0.4 is 10.1 Å². The highest BCUT2D eigenvalue weighted by molar-refractivity contribution is 6.05. The Hall–Kier alpha value is -3.26. The van der Waals surface area contributed by atoms with Crippen LogP contribution in [0.4, 0.5) is 4.39 Å². The van der Waals surface area contributed by atoms with E-state index in [2.05, 4.69) is 16.3 Å². The van der Waals surface area contributed by atoms with Crippen molar-refractivity contribution >= 4 is 17.7 Å². The Labute approximate surface area is 214 Å². The van der Waals surface area contributed by atoms with Gasteiger partial charge in [0.05, 0.1) is 13.2 Å². The predicted octanol–water partition coefficient (Wildman–Crippen LogP) is 3.12. The number of piperidine rings is 2. The average Bonchev–Trinajstić information content (AvgIpc) is 3.45. The van der Waals surface area contributed by atoms with Gasteiger partial charge in [-0.2, -0.15) is 0 Å². The highest BCUT2D eigenvalue weighted by Gasteiger charge is 2.48. The number of hydrogen-bond donors (Lipinski definition) is 1. The zero-order chi connectivity index (χ0) is 25.3. The summed E-state index contributed by atoms with van der Waals surface area (Å²) in [6, 6.07) is 10.3. The number of ether oxygens (including phenoxy) is 1. The summed E-state index contributed by atoms with van der Waals surface area (Å²) in [4.78, 5) is 41.3. The van der Waals surface area contributed by atoms with Crippen LogP contribution in [0.25, 0.3) is 0 Å². The van der Waals surface area contributed by atoms with E-state index in [1.807, 2.05) is 18.2 Å². The van der Waals surface area contributed by atoms with E-state index < -0.39 is 11.9 Å². The normalized spacial score (nSPS) is 28.2. The molecule has 2 aromatic rings. The molecule has 3 atom stereocenters. The second-order valence-corrected chi connectivity index (χ2v) is 11.4. The molecule has 0 radical (unpaired) electrons. The van der Waals surface area contributed by atoms with Crippen molar-refractivity contribution < 1.29 is 23.5 Å². The van der Waals surface area contributed by atoms with Gasteiger partial charge in [0.15, 0.2) is 0 Å². The number of carbonyl (C=O) groups excluding carboxylic acids is 3. The van der Waals surface area contributed by atoms with Crippen LogP contribution in [-0.4, -0.2) is 59.8 Å². The van der Waals surface area contributed by atoms with Crippen LogP contribution in [0.1, 0.15) is 65.1 Å². The topological polar surface area (TPSA) is 79.0 Å². The molecule has 7 nitrogen and oxygen atoms in total.